The van der Waals surface area contributed by atoms with Crippen molar-refractivity contribution in [1.82, 2.24) is 10.2 Å². The molecule has 1 rings (SSSR count). The predicted molar refractivity (Wildman–Crippen MR) is 45.5 cm³/mol. The van der Waals surface area contributed by atoms with Gasteiger partial charge >= 0.3 is 0 Å². The summed E-state index contributed by atoms with van der Waals surface area (Å²) in [5.41, 5.74) is 0. The van der Waals surface area contributed by atoms with Crippen LogP contribution >= 0.6 is 0 Å². The molecule has 0 bridgehead atoms. The molecular formula is C8H16N2O2. The molecule has 4 heteroatoms. The number of aliphatic hydroxyl groups is 1. The molecule has 0 aliphatic carbocycles. The molecule has 0 saturated carbocycles. The van der Waals surface area contributed by atoms with Gasteiger partial charge in [0.05, 0.1) is 6.04 Å². The zero-order valence-electron chi connectivity index (χ0n) is 7.58. The van der Waals surface area contributed by atoms with Crippen LogP contribution < -0.4 is 5.32 Å². The average molecular weight is 172 g/mol. The topological polar surface area (TPSA) is 52.6 Å². The van der Waals surface area contributed by atoms with Gasteiger partial charge in [0.25, 0.3) is 0 Å². The summed E-state index contributed by atoms with van der Waals surface area (Å²) in [6, 6.07) is -0.176. The van der Waals surface area contributed by atoms with Gasteiger partial charge in [-0.1, -0.05) is 0 Å². The normalized spacial score (nSPS) is 28.9. The Labute approximate surface area is 72.6 Å². The molecule has 2 N–H and O–H groups in total. The Morgan fingerprint density at radius 2 is 2.33 bits per heavy atom. The third-order valence-electron chi connectivity index (χ3n) is 2.27. The van der Waals surface area contributed by atoms with Crippen molar-refractivity contribution < 1.29 is 9.90 Å². The van der Waals surface area contributed by atoms with E-state index in [1.165, 1.54) is 0 Å². The molecule has 12 heavy (non-hydrogen) atoms. The Hall–Kier alpha value is -0.610. The van der Waals surface area contributed by atoms with Crippen LogP contribution in [0.3, 0.4) is 0 Å². The van der Waals surface area contributed by atoms with Crippen LogP contribution in [0.5, 0.6) is 0 Å². The van der Waals surface area contributed by atoms with E-state index in [4.69, 9.17) is 5.11 Å². The second-order valence-corrected chi connectivity index (χ2v) is 3.16. The van der Waals surface area contributed by atoms with Crippen molar-refractivity contribution in [2.24, 2.45) is 0 Å². The molecule has 0 aromatic heterocycles. The van der Waals surface area contributed by atoms with Gasteiger partial charge in [0.2, 0.25) is 5.91 Å². The summed E-state index contributed by atoms with van der Waals surface area (Å²) in [6.45, 7) is 2.65. The van der Waals surface area contributed by atoms with E-state index in [2.05, 4.69) is 5.32 Å². The summed E-state index contributed by atoms with van der Waals surface area (Å²) in [6.07, 6.45) is 0.919. The molecule has 0 aromatic rings. The van der Waals surface area contributed by atoms with Gasteiger partial charge in [0, 0.05) is 13.6 Å². The summed E-state index contributed by atoms with van der Waals surface area (Å²) in [7, 11) is 1.77. The van der Waals surface area contributed by atoms with E-state index >= 15 is 0 Å². The highest BCUT2D eigenvalue weighted by Gasteiger charge is 2.28. The van der Waals surface area contributed by atoms with Crippen LogP contribution in [0, 0.1) is 0 Å². The van der Waals surface area contributed by atoms with E-state index in [0.29, 0.717) is 13.0 Å². The second-order valence-electron chi connectivity index (χ2n) is 3.16. The Morgan fingerprint density at radius 3 is 2.75 bits per heavy atom. The molecule has 1 aliphatic rings. The molecule has 2 atom stereocenters. The quantitative estimate of drug-likeness (QED) is 0.592. The first-order valence-electron chi connectivity index (χ1n) is 4.34. The first-order valence-corrected chi connectivity index (χ1v) is 4.34. The minimum absolute atomic E-state index is 0.0778. The Morgan fingerprint density at radius 1 is 1.67 bits per heavy atom. The molecule has 0 radical (unpaired) electrons. The lowest BCUT2D eigenvalue weighted by Crippen LogP contribution is -2.43. The third-order valence-corrected chi connectivity index (χ3v) is 2.27. The number of likely N-dealkylation sites (N-methyl/N-ethyl adjacent to an activating group) is 1. The Bertz CT molecular complexity index is 172. The maximum atomic E-state index is 11.5. The summed E-state index contributed by atoms with van der Waals surface area (Å²) in [5, 5.41) is 12.0. The van der Waals surface area contributed by atoms with Crippen LogP contribution in [0.15, 0.2) is 0 Å². The number of rotatable bonds is 2. The Balaban J connectivity index is 2.43. The number of aliphatic hydroxyl groups excluding tert-OH is 1. The molecule has 1 heterocycles. The molecule has 70 valence electrons. The zero-order valence-corrected chi connectivity index (χ0v) is 7.58. The number of carbonyl (C=O) groups excluding carboxylic acids is 1. The first kappa shape index (κ1) is 9.48. The monoisotopic (exact) mass is 172 g/mol. The summed E-state index contributed by atoms with van der Waals surface area (Å²) < 4.78 is 0. The van der Waals surface area contributed by atoms with Crippen LogP contribution in [-0.4, -0.2) is 41.8 Å². The highest BCUT2D eigenvalue weighted by molar-refractivity contribution is 5.81. The SMILES string of the molecule is CCN(C)C(=O)[C@@H]1CCC(O)N1. The smallest absolute Gasteiger partial charge is 0.239 e. The minimum Gasteiger partial charge on any atom is -0.379 e. The van der Waals surface area contributed by atoms with Crippen molar-refractivity contribution in [3.8, 4) is 0 Å². The molecule has 1 saturated heterocycles. The molecule has 1 amide bonds. The summed E-state index contributed by atoms with van der Waals surface area (Å²) in [5.74, 6) is 0.0778. The minimum atomic E-state index is -0.496. The number of hydrogen-bond acceptors (Lipinski definition) is 3. The number of carbonyl (C=O) groups is 1. The lowest BCUT2D eigenvalue weighted by Gasteiger charge is -2.19. The van der Waals surface area contributed by atoms with Crippen molar-refractivity contribution in [2.45, 2.75) is 32.0 Å². The lowest BCUT2D eigenvalue weighted by molar-refractivity contribution is -0.131. The van der Waals surface area contributed by atoms with Gasteiger partial charge in [-0.15, -0.1) is 0 Å². The fourth-order valence-electron chi connectivity index (χ4n) is 1.34. The summed E-state index contributed by atoms with van der Waals surface area (Å²) in [4.78, 5) is 13.1. The van der Waals surface area contributed by atoms with E-state index in [0.717, 1.165) is 6.42 Å². The molecule has 1 unspecified atom stereocenters. The first-order chi connectivity index (χ1) is 5.65. The van der Waals surface area contributed by atoms with Crippen molar-refractivity contribution in [3.63, 3.8) is 0 Å². The number of nitrogens with zero attached hydrogens (tertiary/aromatic N) is 1. The van der Waals surface area contributed by atoms with Gasteiger partial charge in [-0.3, -0.25) is 10.1 Å². The zero-order chi connectivity index (χ0) is 9.14. The molecule has 1 fully saturated rings. The van der Waals surface area contributed by atoms with E-state index in [1.807, 2.05) is 6.92 Å². The van der Waals surface area contributed by atoms with Crippen molar-refractivity contribution in [3.05, 3.63) is 0 Å². The maximum absolute atomic E-state index is 11.5. The van der Waals surface area contributed by atoms with Crippen LogP contribution in [0.2, 0.25) is 0 Å². The molecular weight excluding hydrogens is 156 g/mol. The van der Waals surface area contributed by atoms with E-state index < -0.39 is 6.23 Å². The average Bonchev–Trinajstić information content (AvgIpc) is 2.49. The lowest BCUT2D eigenvalue weighted by atomic mass is 10.2. The second kappa shape index (κ2) is 3.87. The fraction of sp³-hybridized carbons (Fsp3) is 0.875. The predicted octanol–water partition coefficient (Wildman–Crippen LogP) is -0.465. The van der Waals surface area contributed by atoms with Gasteiger partial charge in [-0.25, -0.2) is 0 Å². The standard InChI is InChI=1S/C8H16N2O2/c1-3-10(2)8(12)6-4-5-7(11)9-6/h6-7,9,11H,3-5H2,1-2H3/t6-,7?/m0/s1. The van der Waals surface area contributed by atoms with Crippen LogP contribution in [0.4, 0.5) is 0 Å². The maximum Gasteiger partial charge on any atom is 0.239 e. The van der Waals surface area contributed by atoms with Gasteiger partial charge < -0.3 is 10.0 Å². The molecule has 0 spiro atoms. The highest BCUT2D eigenvalue weighted by atomic mass is 16.3. The molecule has 1 aliphatic heterocycles. The van der Waals surface area contributed by atoms with E-state index in [1.54, 1.807) is 11.9 Å². The van der Waals surface area contributed by atoms with E-state index in [9.17, 15) is 4.79 Å². The van der Waals surface area contributed by atoms with Crippen LogP contribution in [0.25, 0.3) is 0 Å². The third kappa shape index (κ3) is 1.95. The van der Waals surface area contributed by atoms with Gasteiger partial charge in [-0.05, 0) is 19.8 Å². The highest BCUT2D eigenvalue weighted by Crippen LogP contribution is 2.11. The van der Waals surface area contributed by atoms with Crippen molar-refractivity contribution in [2.75, 3.05) is 13.6 Å². The molecule has 4 nitrogen and oxygen atoms in total. The van der Waals surface area contributed by atoms with Crippen molar-refractivity contribution in [1.29, 1.82) is 0 Å². The molecule has 0 aromatic carbocycles. The number of nitrogens with one attached hydrogen (secondary N) is 1. The fourth-order valence-corrected chi connectivity index (χ4v) is 1.34. The van der Waals surface area contributed by atoms with Gasteiger partial charge in [0.15, 0.2) is 0 Å². The van der Waals surface area contributed by atoms with Crippen molar-refractivity contribution >= 4 is 5.91 Å². The van der Waals surface area contributed by atoms with Crippen LogP contribution in [0.1, 0.15) is 19.8 Å². The Kier molecular flexibility index (Phi) is 3.05. The van der Waals surface area contributed by atoms with Gasteiger partial charge in [-0.2, -0.15) is 0 Å². The van der Waals surface area contributed by atoms with Crippen LogP contribution in [-0.2, 0) is 4.79 Å². The van der Waals surface area contributed by atoms with Gasteiger partial charge in [0.1, 0.15) is 6.23 Å². The van der Waals surface area contributed by atoms with E-state index in [-0.39, 0.29) is 11.9 Å². The number of amides is 1. The summed E-state index contributed by atoms with van der Waals surface area (Å²) >= 11 is 0. The number of hydrogen-bond donors (Lipinski definition) is 2. The largest absolute Gasteiger partial charge is 0.379 e.